The molecule has 4 heteroatoms. The number of oxazole rings is 1. The van der Waals surface area contributed by atoms with Gasteiger partial charge in [-0.3, -0.25) is 0 Å². The van der Waals surface area contributed by atoms with Crippen LogP contribution in [0.1, 0.15) is 31.2 Å². The number of hydrogen-bond acceptors (Lipinski definition) is 3. The summed E-state index contributed by atoms with van der Waals surface area (Å²) in [6, 6.07) is 4.69. The molecule has 0 aliphatic carbocycles. The number of nitrogens with zero attached hydrogens (tertiary/aromatic N) is 1. The van der Waals surface area contributed by atoms with Gasteiger partial charge in [0.05, 0.1) is 6.20 Å². The Morgan fingerprint density at radius 2 is 2.15 bits per heavy atom. The van der Waals surface area contributed by atoms with Gasteiger partial charge in [-0.05, 0) is 50.6 Å². The Bertz CT molecular complexity index is 551. The highest BCUT2D eigenvalue weighted by Gasteiger charge is 2.09. The van der Waals surface area contributed by atoms with Gasteiger partial charge in [0.15, 0.2) is 11.7 Å². The molecule has 0 spiro atoms. The highest BCUT2D eigenvalue weighted by Crippen LogP contribution is 2.25. The molecule has 1 aromatic carbocycles. The second kappa shape index (κ2) is 7.20. The van der Waals surface area contributed by atoms with Crippen molar-refractivity contribution in [2.45, 2.75) is 33.1 Å². The number of benzene rings is 1. The van der Waals surface area contributed by atoms with E-state index < -0.39 is 0 Å². The van der Waals surface area contributed by atoms with E-state index in [4.69, 9.17) is 4.42 Å². The van der Waals surface area contributed by atoms with Crippen molar-refractivity contribution in [3.63, 3.8) is 0 Å². The zero-order chi connectivity index (χ0) is 14.4. The van der Waals surface area contributed by atoms with Crippen molar-refractivity contribution in [1.82, 2.24) is 10.3 Å². The molecule has 108 valence electrons. The van der Waals surface area contributed by atoms with Crippen molar-refractivity contribution >= 4 is 0 Å². The van der Waals surface area contributed by atoms with Gasteiger partial charge in [0.2, 0.25) is 0 Å². The first-order valence-corrected chi connectivity index (χ1v) is 7.12. The predicted molar refractivity (Wildman–Crippen MR) is 78.1 cm³/mol. The van der Waals surface area contributed by atoms with Gasteiger partial charge in [-0.25, -0.2) is 9.37 Å². The van der Waals surface area contributed by atoms with E-state index in [2.05, 4.69) is 17.2 Å². The lowest BCUT2D eigenvalue weighted by molar-refractivity contribution is 0.491. The van der Waals surface area contributed by atoms with Crippen molar-refractivity contribution in [3.8, 4) is 11.3 Å². The fraction of sp³-hybridized carbons (Fsp3) is 0.438. The highest BCUT2D eigenvalue weighted by atomic mass is 19.1. The fourth-order valence-electron chi connectivity index (χ4n) is 2.08. The maximum absolute atomic E-state index is 13.3. The molecule has 1 heterocycles. The Balaban J connectivity index is 1.96. The summed E-state index contributed by atoms with van der Waals surface area (Å²) in [6.07, 6.45) is 4.60. The summed E-state index contributed by atoms with van der Waals surface area (Å²) < 4.78 is 19.0. The molecule has 20 heavy (non-hydrogen) atoms. The Kier molecular flexibility index (Phi) is 5.30. The normalized spacial score (nSPS) is 10.9. The van der Waals surface area contributed by atoms with Crippen LogP contribution in [-0.2, 0) is 6.42 Å². The van der Waals surface area contributed by atoms with Crippen molar-refractivity contribution in [1.29, 1.82) is 0 Å². The molecule has 0 bridgehead atoms. The number of rotatable bonds is 7. The molecule has 2 aromatic rings. The Morgan fingerprint density at radius 3 is 2.95 bits per heavy atom. The number of hydrogen-bond donors (Lipinski definition) is 1. The van der Waals surface area contributed by atoms with E-state index in [0.29, 0.717) is 11.7 Å². The van der Waals surface area contributed by atoms with Gasteiger partial charge in [0.1, 0.15) is 5.82 Å². The van der Waals surface area contributed by atoms with Gasteiger partial charge in [-0.15, -0.1) is 0 Å². The lowest BCUT2D eigenvalue weighted by atomic mass is 10.1. The summed E-state index contributed by atoms with van der Waals surface area (Å²) in [5, 5.41) is 3.34. The molecule has 0 saturated heterocycles. The topological polar surface area (TPSA) is 38.1 Å². The molecule has 3 nitrogen and oxygen atoms in total. The number of halogens is 1. The van der Waals surface area contributed by atoms with E-state index in [1.807, 2.05) is 6.92 Å². The van der Waals surface area contributed by atoms with E-state index in [0.717, 1.165) is 43.5 Å². The largest absolute Gasteiger partial charge is 0.441 e. The summed E-state index contributed by atoms with van der Waals surface area (Å²) in [5.74, 6) is 1.09. The second-order valence-corrected chi connectivity index (χ2v) is 4.93. The van der Waals surface area contributed by atoms with Crippen LogP contribution in [0.5, 0.6) is 0 Å². The molecule has 0 fully saturated rings. The van der Waals surface area contributed by atoms with E-state index in [-0.39, 0.29) is 5.82 Å². The average molecular weight is 276 g/mol. The van der Waals surface area contributed by atoms with Crippen LogP contribution < -0.4 is 5.32 Å². The van der Waals surface area contributed by atoms with E-state index in [1.54, 1.807) is 12.3 Å². The molecule has 0 atom stereocenters. The molecular weight excluding hydrogens is 255 g/mol. The molecular formula is C16H21FN2O. The molecule has 0 aliphatic heterocycles. The smallest absolute Gasteiger partial charge is 0.194 e. The standard InChI is InChI=1S/C16H21FN2O/c1-3-8-18-9-4-5-16-19-11-15(20-16)14-10-13(17)7-6-12(14)2/h6-7,10-11,18H,3-5,8-9H2,1-2H3. The van der Waals surface area contributed by atoms with Crippen molar-refractivity contribution in [3.05, 3.63) is 41.7 Å². The SMILES string of the molecule is CCCNCCCc1ncc(-c2cc(F)ccc2C)o1. The second-order valence-electron chi connectivity index (χ2n) is 4.93. The van der Waals surface area contributed by atoms with Crippen LogP contribution in [-0.4, -0.2) is 18.1 Å². The quantitative estimate of drug-likeness (QED) is 0.783. The summed E-state index contributed by atoms with van der Waals surface area (Å²) in [4.78, 5) is 4.26. The first-order chi connectivity index (χ1) is 9.70. The van der Waals surface area contributed by atoms with E-state index in [1.165, 1.54) is 12.1 Å². The summed E-state index contributed by atoms with van der Waals surface area (Å²) >= 11 is 0. The molecule has 0 amide bonds. The van der Waals surface area contributed by atoms with Gasteiger partial charge in [-0.2, -0.15) is 0 Å². The lowest BCUT2D eigenvalue weighted by Gasteiger charge is -2.02. The lowest BCUT2D eigenvalue weighted by Crippen LogP contribution is -2.16. The molecule has 0 aliphatic rings. The minimum atomic E-state index is -0.257. The first-order valence-electron chi connectivity index (χ1n) is 7.12. The number of nitrogens with one attached hydrogen (secondary N) is 1. The van der Waals surface area contributed by atoms with Crippen molar-refractivity contribution in [2.24, 2.45) is 0 Å². The molecule has 2 rings (SSSR count). The van der Waals surface area contributed by atoms with E-state index in [9.17, 15) is 4.39 Å². The maximum atomic E-state index is 13.3. The van der Waals surface area contributed by atoms with Crippen LogP contribution in [0.15, 0.2) is 28.8 Å². The molecule has 0 unspecified atom stereocenters. The Morgan fingerprint density at radius 1 is 1.30 bits per heavy atom. The molecule has 0 radical (unpaired) electrons. The maximum Gasteiger partial charge on any atom is 0.194 e. The number of aryl methyl sites for hydroxylation is 2. The van der Waals surface area contributed by atoms with Crippen molar-refractivity contribution < 1.29 is 8.81 Å². The van der Waals surface area contributed by atoms with Crippen LogP contribution in [0, 0.1) is 12.7 Å². The highest BCUT2D eigenvalue weighted by molar-refractivity contribution is 5.61. The zero-order valence-electron chi connectivity index (χ0n) is 12.1. The van der Waals surface area contributed by atoms with Crippen LogP contribution in [0.4, 0.5) is 4.39 Å². The Hall–Kier alpha value is -1.68. The van der Waals surface area contributed by atoms with Crippen LogP contribution in [0.25, 0.3) is 11.3 Å². The van der Waals surface area contributed by atoms with Gasteiger partial charge >= 0.3 is 0 Å². The monoisotopic (exact) mass is 276 g/mol. The minimum Gasteiger partial charge on any atom is -0.441 e. The summed E-state index contributed by atoms with van der Waals surface area (Å²) in [5.41, 5.74) is 1.76. The van der Waals surface area contributed by atoms with Gasteiger partial charge in [-0.1, -0.05) is 13.0 Å². The predicted octanol–water partition coefficient (Wildman–Crippen LogP) is 3.72. The fourth-order valence-corrected chi connectivity index (χ4v) is 2.08. The van der Waals surface area contributed by atoms with Crippen LogP contribution >= 0.6 is 0 Å². The molecule has 0 saturated carbocycles. The minimum absolute atomic E-state index is 0.257. The van der Waals surface area contributed by atoms with Gasteiger partial charge in [0, 0.05) is 12.0 Å². The van der Waals surface area contributed by atoms with Crippen molar-refractivity contribution in [2.75, 3.05) is 13.1 Å². The number of aromatic nitrogens is 1. The third-order valence-electron chi connectivity index (χ3n) is 3.19. The summed E-state index contributed by atoms with van der Waals surface area (Å²) in [7, 11) is 0. The third kappa shape index (κ3) is 3.90. The third-order valence-corrected chi connectivity index (χ3v) is 3.19. The van der Waals surface area contributed by atoms with Crippen LogP contribution in [0.2, 0.25) is 0 Å². The molecule has 1 N–H and O–H groups in total. The first kappa shape index (κ1) is 14.7. The van der Waals surface area contributed by atoms with E-state index >= 15 is 0 Å². The zero-order valence-corrected chi connectivity index (χ0v) is 12.1. The summed E-state index contributed by atoms with van der Waals surface area (Å²) in [6.45, 7) is 6.09. The van der Waals surface area contributed by atoms with Crippen LogP contribution in [0.3, 0.4) is 0 Å². The van der Waals surface area contributed by atoms with Gasteiger partial charge in [0.25, 0.3) is 0 Å². The van der Waals surface area contributed by atoms with Gasteiger partial charge < -0.3 is 9.73 Å². The Labute approximate surface area is 119 Å². The average Bonchev–Trinajstić information content (AvgIpc) is 2.90. The molecule has 1 aromatic heterocycles.